The maximum atomic E-state index is 10.1. The van der Waals surface area contributed by atoms with Gasteiger partial charge in [-0.3, -0.25) is 0 Å². The van der Waals surface area contributed by atoms with Gasteiger partial charge in [0.1, 0.15) is 0 Å². The van der Waals surface area contributed by atoms with E-state index in [-0.39, 0.29) is 22.6 Å². The van der Waals surface area contributed by atoms with E-state index in [0.717, 1.165) is 0 Å². The van der Waals surface area contributed by atoms with E-state index >= 15 is 0 Å². The molecule has 0 aliphatic heterocycles. The first kappa shape index (κ1) is 9.21. The number of hydrogen-bond donors (Lipinski definition) is 0. The maximum Gasteiger partial charge on any atom is 2.00 e. The molecule has 0 saturated heterocycles. The van der Waals surface area contributed by atoms with Gasteiger partial charge in [-0.2, -0.15) is 0 Å². The molecule has 0 aliphatic carbocycles. The molecule has 1 rings (SSSR count). The Labute approximate surface area is 69.3 Å². The summed E-state index contributed by atoms with van der Waals surface area (Å²) >= 11 is 0. The van der Waals surface area contributed by atoms with Crippen LogP contribution < -0.4 is 5.11 Å². The van der Waals surface area contributed by atoms with Gasteiger partial charge >= 0.3 is 17.1 Å². The number of benzene rings is 1. The molecule has 2 nitrogen and oxygen atoms in total. The van der Waals surface area contributed by atoms with Crippen molar-refractivity contribution in [3.05, 3.63) is 35.9 Å². The Kier molecular flexibility index (Phi) is 3.77. The minimum atomic E-state index is -1.13. The van der Waals surface area contributed by atoms with E-state index in [1.807, 2.05) is 0 Å². The summed E-state index contributed by atoms with van der Waals surface area (Å²) in [6, 6.07) is 8.06. The van der Waals surface area contributed by atoms with Gasteiger partial charge in [-0.25, -0.2) is 0 Å². The zero-order chi connectivity index (χ0) is 6.69. The van der Waals surface area contributed by atoms with Crippen LogP contribution >= 0.6 is 0 Å². The second-order valence-electron chi connectivity index (χ2n) is 1.65. The van der Waals surface area contributed by atoms with Gasteiger partial charge in [-0.1, -0.05) is 30.3 Å². The number of carboxylic acids is 1. The van der Waals surface area contributed by atoms with Crippen LogP contribution in [0.5, 0.6) is 0 Å². The molecule has 0 N–H and O–H groups in total. The third-order valence-electron chi connectivity index (χ3n) is 1.01. The fourth-order valence-electron chi connectivity index (χ4n) is 0.574. The van der Waals surface area contributed by atoms with Crippen LogP contribution in [0.15, 0.2) is 30.3 Å². The smallest absolute Gasteiger partial charge is 0.545 e. The van der Waals surface area contributed by atoms with Crippen molar-refractivity contribution < 1.29 is 27.0 Å². The largest absolute Gasteiger partial charge is 2.00 e. The SMILES string of the molecule is O=C([O-])c1ccccc1.[Cu+2]. The van der Waals surface area contributed by atoms with Gasteiger partial charge in [0, 0.05) is 0 Å². The Morgan fingerprint density at radius 1 is 1.20 bits per heavy atom. The van der Waals surface area contributed by atoms with Crippen molar-refractivity contribution >= 4 is 5.97 Å². The molecule has 0 bridgehead atoms. The minimum Gasteiger partial charge on any atom is -0.545 e. The Balaban J connectivity index is 0.000000810. The van der Waals surface area contributed by atoms with E-state index < -0.39 is 5.97 Å². The van der Waals surface area contributed by atoms with E-state index in [1.165, 1.54) is 12.1 Å². The Morgan fingerprint density at radius 3 is 2.00 bits per heavy atom. The van der Waals surface area contributed by atoms with Crippen LogP contribution in [0.1, 0.15) is 10.4 Å². The molecule has 0 atom stereocenters. The van der Waals surface area contributed by atoms with E-state index in [4.69, 9.17) is 0 Å². The molecular weight excluding hydrogens is 180 g/mol. The molecule has 55 valence electrons. The topological polar surface area (TPSA) is 40.1 Å². The van der Waals surface area contributed by atoms with Crippen LogP contribution in [0, 0.1) is 0 Å². The van der Waals surface area contributed by atoms with Gasteiger partial charge in [0.15, 0.2) is 0 Å². The molecule has 0 aromatic heterocycles. The molecular formula is C7H5CuO2+. The fourth-order valence-corrected chi connectivity index (χ4v) is 0.574. The van der Waals surface area contributed by atoms with E-state index in [9.17, 15) is 9.90 Å². The van der Waals surface area contributed by atoms with Crippen molar-refractivity contribution in [3.63, 3.8) is 0 Å². The van der Waals surface area contributed by atoms with Crippen LogP contribution in [0.4, 0.5) is 0 Å². The number of hydrogen-bond acceptors (Lipinski definition) is 2. The van der Waals surface area contributed by atoms with Gasteiger partial charge in [-0.15, -0.1) is 0 Å². The molecule has 0 fully saturated rings. The van der Waals surface area contributed by atoms with E-state index in [0.29, 0.717) is 0 Å². The average Bonchev–Trinajstić information content (AvgIpc) is 1.90. The van der Waals surface area contributed by atoms with E-state index in [1.54, 1.807) is 18.2 Å². The standard InChI is InChI=1S/C7H6O2.Cu/c8-7(9)6-4-2-1-3-5-6;/h1-5H,(H,8,9);/q;+2/p-1. The third kappa shape index (κ3) is 2.21. The molecule has 1 aromatic rings. The Morgan fingerprint density at radius 2 is 1.70 bits per heavy atom. The molecule has 0 heterocycles. The van der Waals surface area contributed by atoms with Crippen LogP contribution in [0.2, 0.25) is 0 Å². The number of carbonyl (C=O) groups is 1. The van der Waals surface area contributed by atoms with Gasteiger partial charge in [-0.05, 0) is 5.56 Å². The van der Waals surface area contributed by atoms with Crippen molar-refractivity contribution in [2.75, 3.05) is 0 Å². The summed E-state index contributed by atoms with van der Waals surface area (Å²) in [5, 5.41) is 10.1. The molecule has 1 radical (unpaired) electrons. The van der Waals surface area contributed by atoms with Crippen LogP contribution in [-0.4, -0.2) is 5.97 Å². The van der Waals surface area contributed by atoms with Crippen LogP contribution in [-0.2, 0) is 17.1 Å². The van der Waals surface area contributed by atoms with Crippen molar-refractivity contribution in [2.45, 2.75) is 0 Å². The normalized spacial score (nSPS) is 8.00. The summed E-state index contributed by atoms with van der Waals surface area (Å²) in [4.78, 5) is 10.1. The quantitative estimate of drug-likeness (QED) is 0.579. The van der Waals surface area contributed by atoms with Crippen LogP contribution in [0.3, 0.4) is 0 Å². The summed E-state index contributed by atoms with van der Waals surface area (Å²) in [6.07, 6.45) is 0. The summed E-state index contributed by atoms with van der Waals surface area (Å²) in [5.74, 6) is -1.13. The molecule has 0 spiro atoms. The summed E-state index contributed by atoms with van der Waals surface area (Å²) in [7, 11) is 0. The molecule has 0 amide bonds. The predicted molar refractivity (Wildman–Crippen MR) is 30.8 cm³/mol. The van der Waals surface area contributed by atoms with Gasteiger partial charge in [0.25, 0.3) is 0 Å². The minimum absolute atomic E-state index is 0. The van der Waals surface area contributed by atoms with E-state index in [2.05, 4.69) is 0 Å². The Hall–Kier alpha value is -0.791. The first-order chi connectivity index (χ1) is 4.30. The zero-order valence-electron chi connectivity index (χ0n) is 5.00. The number of aromatic carboxylic acids is 1. The average molecular weight is 185 g/mol. The second-order valence-corrected chi connectivity index (χ2v) is 1.65. The fraction of sp³-hybridized carbons (Fsp3) is 0. The maximum absolute atomic E-state index is 10.1. The van der Waals surface area contributed by atoms with Gasteiger partial charge < -0.3 is 9.90 Å². The molecule has 0 unspecified atom stereocenters. The van der Waals surface area contributed by atoms with Gasteiger partial charge in [0.2, 0.25) is 0 Å². The third-order valence-corrected chi connectivity index (χ3v) is 1.01. The van der Waals surface area contributed by atoms with Crippen molar-refractivity contribution in [1.82, 2.24) is 0 Å². The molecule has 1 aromatic carbocycles. The number of carbonyl (C=O) groups excluding carboxylic acids is 1. The predicted octanol–water partition coefficient (Wildman–Crippen LogP) is 0.0476. The molecule has 0 aliphatic rings. The molecule has 10 heavy (non-hydrogen) atoms. The monoisotopic (exact) mass is 184 g/mol. The zero-order valence-corrected chi connectivity index (χ0v) is 5.95. The van der Waals surface area contributed by atoms with Crippen molar-refractivity contribution in [2.24, 2.45) is 0 Å². The van der Waals surface area contributed by atoms with Crippen molar-refractivity contribution in [3.8, 4) is 0 Å². The molecule has 0 saturated carbocycles. The summed E-state index contributed by atoms with van der Waals surface area (Å²) < 4.78 is 0. The molecule has 3 heteroatoms. The first-order valence-corrected chi connectivity index (χ1v) is 2.57. The van der Waals surface area contributed by atoms with Crippen LogP contribution in [0.25, 0.3) is 0 Å². The second kappa shape index (κ2) is 4.09. The summed E-state index contributed by atoms with van der Waals surface area (Å²) in [5.41, 5.74) is 0.220. The van der Waals surface area contributed by atoms with Crippen molar-refractivity contribution in [1.29, 1.82) is 0 Å². The van der Waals surface area contributed by atoms with Gasteiger partial charge in [0.05, 0.1) is 5.97 Å². The number of carboxylic acid groups (broad SMARTS) is 1. The summed E-state index contributed by atoms with van der Waals surface area (Å²) in [6.45, 7) is 0. The first-order valence-electron chi connectivity index (χ1n) is 2.57. The number of rotatable bonds is 1. The Bertz CT molecular complexity index is 208.